The summed E-state index contributed by atoms with van der Waals surface area (Å²) in [5, 5.41) is 4.04. The van der Waals surface area contributed by atoms with Crippen LogP contribution in [0.3, 0.4) is 0 Å². The highest BCUT2D eigenvalue weighted by molar-refractivity contribution is 7.80. The molecule has 0 heterocycles. The first-order valence-corrected chi connectivity index (χ1v) is 10.8. The van der Waals surface area contributed by atoms with Gasteiger partial charge in [0.1, 0.15) is 5.75 Å². The first-order valence-electron chi connectivity index (χ1n) is 10.4. The van der Waals surface area contributed by atoms with Gasteiger partial charge in [-0.2, -0.15) is 0 Å². The van der Waals surface area contributed by atoms with Crippen molar-refractivity contribution in [2.24, 2.45) is 0 Å². The third-order valence-corrected chi connectivity index (χ3v) is 5.85. The molecule has 0 amide bonds. The highest BCUT2D eigenvalue weighted by Crippen LogP contribution is 2.35. The highest BCUT2D eigenvalue weighted by atomic mass is 32.1. The average Bonchev–Trinajstić information content (AvgIpc) is 2.84. The molecule has 5 aromatic rings. The molecule has 0 saturated heterocycles. The largest absolute Gasteiger partial charge is 0.423 e. The van der Waals surface area contributed by atoms with E-state index in [1.807, 2.05) is 103 Å². The lowest BCUT2D eigenvalue weighted by molar-refractivity contribution is -0.128. The van der Waals surface area contributed by atoms with Crippen molar-refractivity contribution in [3.8, 4) is 5.75 Å². The molecule has 0 aliphatic carbocycles. The second-order valence-corrected chi connectivity index (χ2v) is 7.99. The maximum Gasteiger partial charge on any atom is 0.336 e. The van der Waals surface area contributed by atoms with E-state index in [0.717, 1.165) is 43.1 Å². The number of thiol groups is 1. The smallest absolute Gasteiger partial charge is 0.336 e. The third kappa shape index (κ3) is 3.91. The summed E-state index contributed by atoms with van der Waals surface area (Å²) < 4.78 is 5.86. The highest BCUT2D eigenvalue weighted by Gasteiger charge is 2.13. The fourth-order valence-corrected chi connectivity index (χ4v) is 4.32. The normalized spacial score (nSPS) is 10.8. The summed E-state index contributed by atoms with van der Waals surface area (Å²) in [7, 11) is 0. The van der Waals surface area contributed by atoms with Crippen molar-refractivity contribution in [3.05, 3.63) is 126 Å². The van der Waals surface area contributed by atoms with Gasteiger partial charge >= 0.3 is 5.97 Å². The van der Waals surface area contributed by atoms with E-state index in [4.69, 9.17) is 4.74 Å². The standard InChI is InChI=1S/C29H20O2S/c30-29(19-25(20-10-3-1-4-11-20)21-12-5-2-6-13-21)31-27-17-9-16-23-22-14-7-8-15-24(22)28(32)18-26(23)27/h1-19,32H. The van der Waals surface area contributed by atoms with Crippen LogP contribution in [0.4, 0.5) is 0 Å². The Morgan fingerprint density at radius 2 is 1.16 bits per heavy atom. The molecule has 0 unspecified atom stereocenters. The van der Waals surface area contributed by atoms with Crippen LogP contribution >= 0.6 is 12.6 Å². The number of rotatable bonds is 4. The number of ether oxygens (including phenoxy) is 1. The van der Waals surface area contributed by atoms with E-state index in [1.165, 1.54) is 0 Å². The topological polar surface area (TPSA) is 26.3 Å². The van der Waals surface area contributed by atoms with E-state index in [1.54, 1.807) is 6.08 Å². The van der Waals surface area contributed by atoms with Crippen LogP contribution in [0.5, 0.6) is 5.75 Å². The van der Waals surface area contributed by atoms with Gasteiger partial charge in [0.25, 0.3) is 0 Å². The zero-order chi connectivity index (χ0) is 21.9. The van der Waals surface area contributed by atoms with Crippen molar-refractivity contribution in [2.75, 3.05) is 0 Å². The minimum atomic E-state index is -0.422. The van der Waals surface area contributed by atoms with Crippen molar-refractivity contribution in [2.45, 2.75) is 4.90 Å². The summed E-state index contributed by atoms with van der Waals surface area (Å²) >= 11 is 4.66. The van der Waals surface area contributed by atoms with Gasteiger partial charge in [0, 0.05) is 16.4 Å². The van der Waals surface area contributed by atoms with Crippen LogP contribution in [0.15, 0.2) is 120 Å². The van der Waals surface area contributed by atoms with E-state index in [2.05, 4.69) is 18.7 Å². The number of benzene rings is 5. The summed E-state index contributed by atoms with van der Waals surface area (Å²) in [4.78, 5) is 13.9. The van der Waals surface area contributed by atoms with Crippen LogP contribution in [0.1, 0.15) is 11.1 Å². The minimum Gasteiger partial charge on any atom is -0.423 e. The number of hydrogen-bond acceptors (Lipinski definition) is 3. The Morgan fingerprint density at radius 1 is 0.625 bits per heavy atom. The minimum absolute atomic E-state index is 0.422. The zero-order valence-corrected chi connectivity index (χ0v) is 18.1. The lowest BCUT2D eigenvalue weighted by Crippen LogP contribution is -2.06. The monoisotopic (exact) mass is 432 g/mol. The average molecular weight is 433 g/mol. The SMILES string of the molecule is O=C(C=C(c1ccccc1)c1ccccc1)Oc1cccc2c1cc(S)c1ccccc12. The lowest BCUT2D eigenvalue weighted by Gasteiger charge is -2.12. The molecule has 0 aliphatic rings. The van der Waals surface area contributed by atoms with E-state index in [9.17, 15) is 4.79 Å². The summed E-state index contributed by atoms with van der Waals surface area (Å²) in [5.74, 6) is 0.0966. The van der Waals surface area contributed by atoms with Gasteiger partial charge in [-0.15, -0.1) is 12.6 Å². The third-order valence-electron chi connectivity index (χ3n) is 5.48. The van der Waals surface area contributed by atoms with E-state index < -0.39 is 5.97 Å². The van der Waals surface area contributed by atoms with Crippen molar-refractivity contribution in [3.63, 3.8) is 0 Å². The first-order chi connectivity index (χ1) is 15.7. The molecule has 32 heavy (non-hydrogen) atoms. The van der Waals surface area contributed by atoms with Gasteiger partial charge in [-0.05, 0) is 45.0 Å². The predicted molar refractivity (Wildman–Crippen MR) is 134 cm³/mol. The van der Waals surface area contributed by atoms with Gasteiger partial charge in [-0.3, -0.25) is 0 Å². The van der Waals surface area contributed by atoms with Crippen LogP contribution < -0.4 is 4.74 Å². The number of esters is 1. The van der Waals surface area contributed by atoms with Gasteiger partial charge in [-0.1, -0.05) is 97.1 Å². The van der Waals surface area contributed by atoms with Crippen LogP contribution in [-0.2, 0) is 4.79 Å². The molecule has 0 saturated carbocycles. The van der Waals surface area contributed by atoms with E-state index in [-0.39, 0.29) is 0 Å². The molecule has 0 aromatic heterocycles. The van der Waals surface area contributed by atoms with Gasteiger partial charge in [-0.25, -0.2) is 4.79 Å². The Labute approximate surface area is 192 Å². The molecule has 5 rings (SSSR count). The fourth-order valence-electron chi connectivity index (χ4n) is 4.00. The predicted octanol–water partition coefficient (Wildman–Crippen LogP) is 7.32. The maximum atomic E-state index is 13.0. The van der Waals surface area contributed by atoms with E-state index >= 15 is 0 Å². The zero-order valence-electron chi connectivity index (χ0n) is 17.2. The summed E-state index contributed by atoms with van der Waals surface area (Å²) in [6, 6.07) is 35.6. The summed E-state index contributed by atoms with van der Waals surface area (Å²) in [6.07, 6.45) is 1.56. The number of fused-ring (bicyclic) bond motifs is 3. The van der Waals surface area contributed by atoms with Gasteiger partial charge in [0.15, 0.2) is 0 Å². The maximum absolute atomic E-state index is 13.0. The number of hydrogen-bond donors (Lipinski definition) is 1. The fraction of sp³-hybridized carbons (Fsp3) is 0. The van der Waals surface area contributed by atoms with Gasteiger partial charge in [0.2, 0.25) is 0 Å². The molecular formula is C29H20O2S. The van der Waals surface area contributed by atoms with Crippen molar-refractivity contribution in [1.29, 1.82) is 0 Å². The molecule has 0 bridgehead atoms. The van der Waals surface area contributed by atoms with Crippen molar-refractivity contribution >= 4 is 45.7 Å². The Morgan fingerprint density at radius 3 is 1.81 bits per heavy atom. The number of carbonyl (C=O) groups is 1. The van der Waals surface area contributed by atoms with Crippen LogP contribution in [0.25, 0.3) is 27.1 Å². The van der Waals surface area contributed by atoms with Crippen molar-refractivity contribution in [1.82, 2.24) is 0 Å². The second kappa shape index (κ2) is 8.74. The molecular weight excluding hydrogens is 412 g/mol. The summed E-state index contributed by atoms with van der Waals surface area (Å²) in [6.45, 7) is 0. The molecule has 0 fully saturated rings. The Kier molecular flexibility index (Phi) is 5.49. The number of carbonyl (C=O) groups excluding carboxylic acids is 1. The molecule has 0 spiro atoms. The van der Waals surface area contributed by atoms with Crippen LogP contribution in [-0.4, -0.2) is 5.97 Å². The van der Waals surface area contributed by atoms with E-state index in [0.29, 0.717) is 5.75 Å². The van der Waals surface area contributed by atoms with Crippen LogP contribution in [0.2, 0.25) is 0 Å². The molecule has 2 nitrogen and oxygen atoms in total. The molecule has 5 aromatic carbocycles. The molecule has 0 radical (unpaired) electrons. The Balaban J connectivity index is 1.57. The molecule has 154 valence electrons. The quantitative estimate of drug-likeness (QED) is 0.106. The van der Waals surface area contributed by atoms with Gasteiger partial charge < -0.3 is 4.74 Å². The van der Waals surface area contributed by atoms with Gasteiger partial charge in [0.05, 0.1) is 0 Å². The Hall–Kier alpha value is -3.82. The molecule has 0 aliphatic heterocycles. The first kappa shape index (κ1) is 20.1. The lowest BCUT2D eigenvalue weighted by atomic mass is 9.97. The molecule has 3 heteroatoms. The molecule has 0 atom stereocenters. The second-order valence-electron chi connectivity index (χ2n) is 7.50. The molecule has 0 N–H and O–H groups in total. The van der Waals surface area contributed by atoms with Crippen molar-refractivity contribution < 1.29 is 9.53 Å². The van der Waals surface area contributed by atoms with Crippen LogP contribution in [0, 0.1) is 0 Å². The summed E-state index contributed by atoms with van der Waals surface area (Å²) in [5.41, 5.74) is 2.73. The Bertz CT molecular complexity index is 1410.